The highest BCUT2D eigenvalue weighted by molar-refractivity contribution is 5.66. The molecule has 182 valence electrons. The van der Waals surface area contributed by atoms with Gasteiger partial charge >= 0.3 is 0 Å². The highest BCUT2D eigenvalue weighted by Crippen LogP contribution is 2.47. The summed E-state index contributed by atoms with van der Waals surface area (Å²) < 4.78 is 21.2. The molecule has 5 rings (SSSR count). The van der Waals surface area contributed by atoms with E-state index in [1.165, 1.54) is 6.07 Å². The highest BCUT2D eigenvalue weighted by Gasteiger charge is 2.44. The van der Waals surface area contributed by atoms with E-state index in [4.69, 9.17) is 10.5 Å². The summed E-state index contributed by atoms with van der Waals surface area (Å²) in [5.41, 5.74) is 8.16. The summed E-state index contributed by atoms with van der Waals surface area (Å²) in [4.78, 5) is 24.4. The Morgan fingerprint density at radius 1 is 1.14 bits per heavy atom. The monoisotopic (exact) mass is 476 g/mol. The summed E-state index contributed by atoms with van der Waals surface area (Å²) in [6.45, 7) is 1.78. The Hall–Kier alpha value is -3.59. The van der Waals surface area contributed by atoms with E-state index in [1.54, 1.807) is 31.5 Å². The van der Waals surface area contributed by atoms with Crippen molar-refractivity contribution in [3.8, 4) is 22.9 Å². The maximum absolute atomic E-state index is 15.2. The van der Waals surface area contributed by atoms with Crippen LogP contribution in [0.25, 0.3) is 11.3 Å². The zero-order chi connectivity index (χ0) is 24.4. The summed E-state index contributed by atoms with van der Waals surface area (Å²) in [7, 11) is 0. The van der Waals surface area contributed by atoms with Crippen LogP contribution in [0.15, 0.2) is 42.7 Å². The van der Waals surface area contributed by atoms with Gasteiger partial charge in [-0.15, -0.1) is 0 Å². The van der Waals surface area contributed by atoms with E-state index in [0.29, 0.717) is 29.2 Å². The van der Waals surface area contributed by atoms with Crippen molar-refractivity contribution in [3.63, 3.8) is 0 Å². The summed E-state index contributed by atoms with van der Waals surface area (Å²) >= 11 is 0. The first-order valence-corrected chi connectivity index (χ1v) is 12.0. The number of aromatic nitrogens is 3. The average Bonchev–Trinajstić information content (AvgIpc) is 3.64. The van der Waals surface area contributed by atoms with Gasteiger partial charge in [-0.3, -0.25) is 4.79 Å². The van der Waals surface area contributed by atoms with Gasteiger partial charge in [0.2, 0.25) is 18.2 Å². The number of nitrogens with two attached hydrogens (primary N) is 1. The Morgan fingerprint density at radius 2 is 1.94 bits per heavy atom. The van der Waals surface area contributed by atoms with Gasteiger partial charge in [-0.2, -0.15) is 0 Å². The lowest BCUT2D eigenvalue weighted by atomic mass is 9.92. The fourth-order valence-electron chi connectivity index (χ4n) is 4.68. The van der Waals surface area contributed by atoms with Crippen molar-refractivity contribution in [3.05, 3.63) is 59.7 Å². The van der Waals surface area contributed by atoms with Crippen molar-refractivity contribution in [1.29, 1.82) is 0 Å². The molecule has 2 fully saturated rings. The zero-order valence-corrected chi connectivity index (χ0v) is 19.6. The van der Waals surface area contributed by atoms with Crippen LogP contribution >= 0.6 is 0 Å². The van der Waals surface area contributed by atoms with Crippen molar-refractivity contribution < 1.29 is 13.9 Å². The van der Waals surface area contributed by atoms with E-state index >= 15 is 4.39 Å². The van der Waals surface area contributed by atoms with Crippen LogP contribution in [0.1, 0.15) is 49.7 Å². The molecule has 4 N–H and O–H groups in total. The van der Waals surface area contributed by atoms with Crippen LogP contribution < -0.4 is 21.1 Å². The Kier molecular flexibility index (Phi) is 6.34. The lowest BCUT2D eigenvalue weighted by Gasteiger charge is -2.26. The first-order valence-electron chi connectivity index (χ1n) is 12.0. The number of benzene rings is 1. The van der Waals surface area contributed by atoms with Crippen LogP contribution in [0, 0.1) is 12.7 Å². The Labute approximate surface area is 203 Å². The van der Waals surface area contributed by atoms with Crippen LogP contribution in [-0.2, 0) is 10.3 Å². The standard InChI is InChI=1S/C26H29FN6O2/c1-16-13-17(26(9-10-26)31-15-34)14-21(27)23(16)35-24-20(3-2-11-29-24)22-8-12-30-25(33-22)32-19-6-4-18(28)5-7-19/h2-3,8,11-15,18-19H,4-7,9-10,28H2,1H3,(H,31,34)(H,30,32,33)/t18-,19-. The molecule has 0 radical (unpaired) electrons. The van der Waals surface area contributed by atoms with Gasteiger partial charge in [-0.05, 0) is 86.9 Å². The quantitative estimate of drug-likeness (QED) is 0.418. The molecule has 2 aliphatic carbocycles. The van der Waals surface area contributed by atoms with Gasteiger partial charge in [-0.25, -0.2) is 19.3 Å². The number of pyridine rings is 1. The second kappa shape index (κ2) is 9.58. The molecule has 3 aromatic rings. The van der Waals surface area contributed by atoms with E-state index < -0.39 is 11.4 Å². The Balaban J connectivity index is 1.39. The molecule has 2 heterocycles. The number of carbonyl (C=O) groups is 1. The molecule has 8 nitrogen and oxygen atoms in total. The first kappa shape index (κ1) is 23.2. The van der Waals surface area contributed by atoms with Crippen molar-refractivity contribution in [2.45, 2.75) is 63.1 Å². The number of amides is 1. The van der Waals surface area contributed by atoms with E-state index in [2.05, 4.69) is 25.6 Å². The molecule has 0 atom stereocenters. The molecule has 0 aliphatic heterocycles. The number of carbonyl (C=O) groups excluding carboxylic acids is 1. The van der Waals surface area contributed by atoms with Crippen LogP contribution in [-0.4, -0.2) is 33.4 Å². The minimum atomic E-state index is -0.504. The van der Waals surface area contributed by atoms with Gasteiger partial charge in [0.1, 0.15) is 0 Å². The van der Waals surface area contributed by atoms with Gasteiger partial charge in [0.05, 0.1) is 16.8 Å². The number of nitrogens with zero attached hydrogens (tertiary/aromatic N) is 3. The van der Waals surface area contributed by atoms with E-state index in [9.17, 15) is 4.79 Å². The number of nitrogens with one attached hydrogen (secondary N) is 2. The van der Waals surface area contributed by atoms with Crippen molar-refractivity contribution in [2.75, 3.05) is 5.32 Å². The molecule has 2 aromatic heterocycles. The Morgan fingerprint density at radius 3 is 2.66 bits per heavy atom. The fourth-order valence-corrected chi connectivity index (χ4v) is 4.68. The fraction of sp³-hybridized carbons (Fsp3) is 0.385. The van der Waals surface area contributed by atoms with Gasteiger partial charge < -0.3 is 21.1 Å². The van der Waals surface area contributed by atoms with Gasteiger partial charge in [0.25, 0.3) is 0 Å². The molecular formula is C26H29FN6O2. The van der Waals surface area contributed by atoms with Crippen molar-refractivity contribution >= 4 is 12.4 Å². The molecule has 1 amide bonds. The van der Waals surface area contributed by atoms with Crippen LogP contribution in [0.4, 0.5) is 10.3 Å². The molecule has 0 spiro atoms. The number of ether oxygens (including phenoxy) is 1. The summed E-state index contributed by atoms with van der Waals surface area (Å²) in [5.74, 6) is 0.377. The number of rotatable bonds is 8. The minimum absolute atomic E-state index is 0.0987. The summed E-state index contributed by atoms with van der Waals surface area (Å²) in [6, 6.07) is 9.24. The maximum Gasteiger partial charge on any atom is 0.228 e. The SMILES string of the molecule is Cc1cc(C2(NC=O)CC2)cc(F)c1Oc1ncccc1-c1ccnc(N[C@H]2CC[C@H](N)CC2)n1. The first-order chi connectivity index (χ1) is 17.0. The molecule has 35 heavy (non-hydrogen) atoms. The second-order valence-electron chi connectivity index (χ2n) is 9.43. The average molecular weight is 477 g/mol. The number of aryl methyl sites for hydroxylation is 1. The normalized spacial score (nSPS) is 20.7. The Bertz CT molecular complexity index is 1200. The highest BCUT2D eigenvalue weighted by atomic mass is 19.1. The second-order valence-corrected chi connectivity index (χ2v) is 9.43. The van der Waals surface area contributed by atoms with Gasteiger partial charge in [-0.1, -0.05) is 0 Å². The topological polar surface area (TPSA) is 115 Å². The van der Waals surface area contributed by atoms with E-state index in [-0.39, 0.29) is 23.7 Å². The van der Waals surface area contributed by atoms with Crippen molar-refractivity contribution in [1.82, 2.24) is 20.3 Å². The van der Waals surface area contributed by atoms with Crippen LogP contribution in [0.2, 0.25) is 0 Å². The van der Waals surface area contributed by atoms with Crippen LogP contribution in [0.5, 0.6) is 11.6 Å². The predicted molar refractivity (Wildman–Crippen MR) is 130 cm³/mol. The smallest absolute Gasteiger partial charge is 0.228 e. The van der Waals surface area contributed by atoms with Crippen molar-refractivity contribution in [2.24, 2.45) is 5.73 Å². The molecule has 0 bridgehead atoms. The molecule has 1 aromatic carbocycles. The number of anilines is 1. The lowest BCUT2D eigenvalue weighted by molar-refractivity contribution is -0.110. The van der Waals surface area contributed by atoms with E-state index in [0.717, 1.165) is 44.1 Å². The number of halogens is 1. The molecule has 2 saturated carbocycles. The number of hydrogen-bond donors (Lipinski definition) is 3. The summed E-state index contributed by atoms with van der Waals surface area (Å²) in [6.07, 6.45) is 9.44. The largest absolute Gasteiger partial charge is 0.435 e. The third kappa shape index (κ3) is 4.95. The third-order valence-corrected chi connectivity index (χ3v) is 6.87. The third-order valence-electron chi connectivity index (χ3n) is 6.87. The zero-order valence-electron chi connectivity index (χ0n) is 19.6. The molecular weight excluding hydrogens is 447 g/mol. The summed E-state index contributed by atoms with van der Waals surface area (Å²) in [5, 5.41) is 6.22. The van der Waals surface area contributed by atoms with Gasteiger partial charge in [0, 0.05) is 24.5 Å². The van der Waals surface area contributed by atoms with Crippen LogP contribution in [0.3, 0.4) is 0 Å². The maximum atomic E-state index is 15.2. The molecule has 9 heteroatoms. The lowest BCUT2D eigenvalue weighted by Crippen LogP contribution is -2.33. The minimum Gasteiger partial charge on any atom is -0.435 e. The molecule has 0 saturated heterocycles. The van der Waals surface area contributed by atoms with E-state index in [1.807, 2.05) is 12.1 Å². The number of hydrogen-bond acceptors (Lipinski definition) is 7. The predicted octanol–water partition coefficient (Wildman–Crippen LogP) is 4.20. The van der Waals surface area contributed by atoms with Gasteiger partial charge in [0.15, 0.2) is 11.6 Å². The molecule has 0 unspecified atom stereocenters. The molecule has 2 aliphatic rings.